The predicted octanol–water partition coefficient (Wildman–Crippen LogP) is 5.59. The Morgan fingerprint density at radius 3 is 2.83 bits per heavy atom. The van der Waals surface area contributed by atoms with Crippen LogP contribution in [0.15, 0.2) is 72.2 Å². The number of allylic oxidation sites excluding steroid dienone is 3. The van der Waals surface area contributed by atoms with Gasteiger partial charge in [-0.2, -0.15) is 0 Å². The Hall–Kier alpha value is -2.82. The van der Waals surface area contributed by atoms with E-state index in [2.05, 4.69) is 27.4 Å². The number of hydrogen-bond acceptors (Lipinski definition) is 7. The highest BCUT2D eigenvalue weighted by atomic mass is 35.5. The van der Waals surface area contributed by atoms with Crippen LogP contribution in [-0.4, -0.2) is 38.8 Å². The van der Waals surface area contributed by atoms with E-state index in [-0.39, 0.29) is 0 Å². The smallest absolute Gasteiger partial charge is 0.250 e. The summed E-state index contributed by atoms with van der Waals surface area (Å²) in [6.07, 6.45) is 13.7. The predicted molar refractivity (Wildman–Crippen MR) is 159 cm³/mol. The maximum Gasteiger partial charge on any atom is 0.250 e. The lowest BCUT2D eigenvalue weighted by Gasteiger charge is -2.36. The van der Waals surface area contributed by atoms with Crippen molar-refractivity contribution >= 4 is 44.0 Å². The number of fused-ring (bicyclic) bond motifs is 2. The molecule has 2 atom stereocenters. The van der Waals surface area contributed by atoms with Crippen LogP contribution in [-0.2, 0) is 28.6 Å². The van der Waals surface area contributed by atoms with Crippen molar-refractivity contribution in [1.82, 2.24) is 19.3 Å². The van der Waals surface area contributed by atoms with E-state index in [9.17, 15) is 13.5 Å². The summed E-state index contributed by atoms with van der Waals surface area (Å²) < 4.78 is 29.1. The molecule has 0 saturated heterocycles. The average molecular weight is 593 g/mol. The first-order chi connectivity index (χ1) is 19.2. The van der Waals surface area contributed by atoms with Crippen LogP contribution in [0.2, 0.25) is 0 Å². The molecule has 0 radical (unpaired) electrons. The number of rotatable bonds is 5. The number of halogens is 1. The van der Waals surface area contributed by atoms with Crippen molar-refractivity contribution in [3.8, 4) is 10.4 Å². The number of nitrogens with zero attached hydrogens (tertiary/aromatic N) is 3. The van der Waals surface area contributed by atoms with E-state index in [0.29, 0.717) is 33.9 Å². The molecule has 3 aromatic heterocycles. The average Bonchev–Trinajstić information content (AvgIpc) is 3.60. The third-order valence-electron chi connectivity index (χ3n) is 8.69. The summed E-state index contributed by atoms with van der Waals surface area (Å²) in [7, 11) is -4.03. The standard InChI is InChI=1S/C30H29ClN4O3S2/c1-29(16-22(31)5-6-25(29)20-4-3-19-7-12-32-17-21(19)15-20)40(37,38)35-14-9-24-23(8-13-33-27(24)35)26-18-34-28(39-26)30(36)10-2-11-30/h3-6,8-9,13-16,18,25,32,36H,2,7,10-12,17H2,1H3. The molecule has 1 aromatic carbocycles. The van der Waals surface area contributed by atoms with Gasteiger partial charge in [0.2, 0.25) is 10.0 Å². The SMILES string of the molecule is CC1(S(=O)(=O)n2ccc3c(-c4cnc(C5(O)CCC5)s4)ccnc32)C=C(Cl)C=CC1c1ccc2c(c1)CNCC2. The fourth-order valence-electron chi connectivity index (χ4n) is 6.14. The van der Waals surface area contributed by atoms with Crippen molar-refractivity contribution in [2.24, 2.45) is 0 Å². The van der Waals surface area contributed by atoms with Crippen LogP contribution in [0.5, 0.6) is 0 Å². The van der Waals surface area contributed by atoms with Crippen molar-refractivity contribution in [3.05, 3.63) is 93.9 Å². The number of thiazole rings is 1. The first kappa shape index (κ1) is 26.1. The highest BCUT2D eigenvalue weighted by molar-refractivity contribution is 7.91. The van der Waals surface area contributed by atoms with E-state index in [1.165, 1.54) is 26.4 Å². The first-order valence-electron chi connectivity index (χ1n) is 13.5. The Kier molecular flexibility index (Phi) is 6.11. The van der Waals surface area contributed by atoms with Crippen LogP contribution in [0.1, 0.15) is 53.8 Å². The van der Waals surface area contributed by atoms with Crippen LogP contribution in [0.4, 0.5) is 0 Å². The van der Waals surface area contributed by atoms with Gasteiger partial charge in [-0.15, -0.1) is 11.3 Å². The second kappa shape index (κ2) is 9.36. The van der Waals surface area contributed by atoms with Gasteiger partial charge < -0.3 is 10.4 Å². The van der Waals surface area contributed by atoms with E-state index in [1.807, 2.05) is 18.2 Å². The summed E-state index contributed by atoms with van der Waals surface area (Å²) >= 11 is 7.91. The molecule has 2 unspecified atom stereocenters. The number of aliphatic hydroxyl groups is 1. The fourth-order valence-corrected chi connectivity index (χ4v) is 9.43. The summed E-state index contributed by atoms with van der Waals surface area (Å²) in [6, 6.07) is 9.95. The molecule has 4 heterocycles. The molecule has 2 N–H and O–H groups in total. The van der Waals surface area contributed by atoms with Crippen LogP contribution in [0.3, 0.4) is 0 Å². The van der Waals surface area contributed by atoms with Gasteiger partial charge in [-0.05, 0) is 80.1 Å². The summed E-state index contributed by atoms with van der Waals surface area (Å²) in [5.74, 6) is -0.444. The van der Waals surface area contributed by atoms with E-state index in [4.69, 9.17) is 11.6 Å². The minimum Gasteiger partial charge on any atom is -0.383 e. The second-order valence-electron chi connectivity index (χ2n) is 11.1. The van der Waals surface area contributed by atoms with Gasteiger partial charge in [0.15, 0.2) is 5.65 Å². The lowest BCUT2D eigenvalue weighted by atomic mass is 9.81. The van der Waals surface area contributed by atoms with Gasteiger partial charge in [0.25, 0.3) is 0 Å². The molecule has 1 fully saturated rings. The van der Waals surface area contributed by atoms with Crippen LogP contribution >= 0.6 is 22.9 Å². The lowest BCUT2D eigenvalue weighted by molar-refractivity contribution is -0.0389. The van der Waals surface area contributed by atoms with Crippen molar-refractivity contribution in [1.29, 1.82) is 0 Å². The summed E-state index contributed by atoms with van der Waals surface area (Å²) in [6.45, 7) is 3.45. The quantitative estimate of drug-likeness (QED) is 0.314. The molecule has 40 heavy (non-hydrogen) atoms. The minimum atomic E-state index is -4.03. The Bertz CT molecular complexity index is 1820. The maximum absolute atomic E-state index is 14.6. The molecule has 7 rings (SSSR count). The minimum absolute atomic E-state index is 0.350. The van der Waals surface area contributed by atoms with Crippen LogP contribution in [0.25, 0.3) is 21.5 Å². The van der Waals surface area contributed by atoms with E-state index >= 15 is 0 Å². The Balaban J connectivity index is 1.32. The number of hydrogen-bond donors (Lipinski definition) is 2. The lowest BCUT2D eigenvalue weighted by Crippen LogP contribution is -2.43. The summed E-state index contributed by atoms with van der Waals surface area (Å²) in [4.78, 5) is 9.89. The second-order valence-corrected chi connectivity index (χ2v) is 14.8. The largest absolute Gasteiger partial charge is 0.383 e. The maximum atomic E-state index is 14.6. The molecule has 0 amide bonds. The van der Waals surface area contributed by atoms with Crippen molar-refractivity contribution in [2.75, 3.05) is 6.54 Å². The third kappa shape index (κ3) is 3.94. The van der Waals surface area contributed by atoms with Gasteiger partial charge in [0.1, 0.15) is 15.4 Å². The van der Waals surface area contributed by atoms with Gasteiger partial charge in [0.05, 0.1) is 4.88 Å². The summed E-state index contributed by atoms with van der Waals surface area (Å²) in [5, 5.41) is 16.0. The molecule has 7 nitrogen and oxygen atoms in total. The van der Waals surface area contributed by atoms with Crippen molar-refractivity contribution < 1.29 is 13.5 Å². The molecular formula is C30H29ClN4O3S2. The van der Waals surface area contributed by atoms with Crippen molar-refractivity contribution in [3.63, 3.8) is 0 Å². The van der Waals surface area contributed by atoms with E-state index in [1.54, 1.807) is 43.7 Å². The molecule has 10 heteroatoms. The molecule has 0 spiro atoms. The molecule has 1 saturated carbocycles. The zero-order chi connectivity index (χ0) is 27.7. The van der Waals surface area contributed by atoms with Gasteiger partial charge in [-0.25, -0.2) is 22.4 Å². The first-order valence-corrected chi connectivity index (χ1v) is 16.1. The zero-order valence-corrected chi connectivity index (χ0v) is 24.4. The molecule has 206 valence electrons. The van der Waals surface area contributed by atoms with Gasteiger partial charge in [-0.3, -0.25) is 0 Å². The number of pyridine rings is 1. The monoisotopic (exact) mass is 592 g/mol. The molecule has 3 aliphatic rings. The molecular weight excluding hydrogens is 564 g/mol. The Morgan fingerprint density at radius 1 is 1.18 bits per heavy atom. The number of nitrogens with one attached hydrogen (secondary N) is 1. The Labute approximate surface area is 242 Å². The zero-order valence-electron chi connectivity index (χ0n) is 22.0. The highest BCUT2D eigenvalue weighted by Gasteiger charge is 2.47. The fraction of sp³-hybridized carbons (Fsp3) is 0.333. The normalized spacial score (nSPS) is 24.0. The highest BCUT2D eigenvalue weighted by Crippen LogP contribution is 2.46. The number of aromatic nitrogens is 3. The van der Waals surface area contributed by atoms with Gasteiger partial charge >= 0.3 is 0 Å². The molecule has 0 bridgehead atoms. The van der Waals surface area contributed by atoms with Gasteiger partial charge in [-0.1, -0.05) is 35.9 Å². The van der Waals surface area contributed by atoms with Crippen molar-refractivity contribution in [2.45, 2.75) is 55.4 Å². The number of benzene rings is 1. The topological polar surface area (TPSA) is 97.1 Å². The van der Waals surface area contributed by atoms with Crippen LogP contribution < -0.4 is 5.32 Å². The Morgan fingerprint density at radius 2 is 2.02 bits per heavy atom. The molecule has 2 aliphatic carbocycles. The van der Waals surface area contributed by atoms with Crippen LogP contribution in [0, 0.1) is 0 Å². The third-order valence-corrected chi connectivity index (χ3v) is 12.4. The molecule has 4 aromatic rings. The van der Waals surface area contributed by atoms with E-state index in [0.717, 1.165) is 41.9 Å². The molecule has 1 aliphatic heterocycles. The van der Waals surface area contributed by atoms with Gasteiger partial charge in [0, 0.05) is 47.0 Å². The summed E-state index contributed by atoms with van der Waals surface area (Å²) in [5.41, 5.74) is 3.77. The van der Waals surface area contributed by atoms with E-state index < -0.39 is 26.3 Å².